The average molecular weight is 241 g/mol. The Kier molecular flexibility index (Phi) is 3.46. The number of hydrogen-bond acceptors (Lipinski definition) is 3. The molecular formula is C12H13ClO3. The van der Waals surface area contributed by atoms with Crippen LogP contribution in [-0.2, 0) is 4.74 Å². The van der Waals surface area contributed by atoms with E-state index in [0.717, 1.165) is 12.8 Å². The number of carbonyl (C=O) groups excluding carboxylic acids is 1. The Bertz CT molecular complexity index is 374. The van der Waals surface area contributed by atoms with Gasteiger partial charge in [0.15, 0.2) is 0 Å². The van der Waals surface area contributed by atoms with E-state index in [4.69, 9.17) is 16.3 Å². The van der Waals surface area contributed by atoms with E-state index in [0.29, 0.717) is 17.0 Å². The number of esters is 1. The number of benzene rings is 1. The smallest absolute Gasteiger partial charge is 0.338 e. The van der Waals surface area contributed by atoms with Gasteiger partial charge < -0.3 is 9.84 Å². The van der Waals surface area contributed by atoms with E-state index >= 15 is 0 Å². The van der Waals surface area contributed by atoms with Gasteiger partial charge >= 0.3 is 5.97 Å². The highest BCUT2D eigenvalue weighted by molar-refractivity contribution is 6.30. The van der Waals surface area contributed by atoms with Crippen LogP contribution in [0, 0.1) is 0 Å². The van der Waals surface area contributed by atoms with Gasteiger partial charge in [-0.1, -0.05) is 11.6 Å². The van der Waals surface area contributed by atoms with E-state index < -0.39 is 12.1 Å². The molecule has 1 saturated carbocycles. The van der Waals surface area contributed by atoms with E-state index in [1.807, 2.05) is 0 Å². The molecule has 2 atom stereocenters. The van der Waals surface area contributed by atoms with Crippen LogP contribution < -0.4 is 0 Å². The molecule has 1 aliphatic rings. The van der Waals surface area contributed by atoms with Gasteiger partial charge in [-0.2, -0.15) is 0 Å². The van der Waals surface area contributed by atoms with Crippen LogP contribution >= 0.6 is 11.6 Å². The van der Waals surface area contributed by atoms with Gasteiger partial charge in [-0.25, -0.2) is 4.79 Å². The molecule has 0 aliphatic heterocycles. The third kappa shape index (κ3) is 2.54. The third-order valence-corrected chi connectivity index (χ3v) is 3.01. The molecule has 0 radical (unpaired) electrons. The summed E-state index contributed by atoms with van der Waals surface area (Å²) in [5, 5.41) is 10.1. The maximum Gasteiger partial charge on any atom is 0.338 e. The Labute approximate surface area is 99.0 Å². The summed E-state index contributed by atoms with van der Waals surface area (Å²) in [6, 6.07) is 6.52. The van der Waals surface area contributed by atoms with Gasteiger partial charge in [0.1, 0.15) is 6.10 Å². The van der Waals surface area contributed by atoms with Crippen LogP contribution in [0.4, 0.5) is 0 Å². The first kappa shape index (κ1) is 11.4. The minimum absolute atomic E-state index is 0.358. The van der Waals surface area contributed by atoms with Gasteiger partial charge in [-0.05, 0) is 43.5 Å². The van der Waals surface area contributed by atoms with Crippen molar-refractivity contribution in [2.45, 2.75) is 31.5 Å². The molecule has 3 nitrogen and oxygen atoms in total. The van der Waals surface area contributed by atoms with Crippen molar-refractivity contribution in [2.24, 2.45) is 0 Å². The van der Waals surface area contributed by atoms with Gasteiger partial charge in [0.05, 0.1) is 11.7 Å². The number of aliphatic hydroxyl groups excluding tert-OH is 1. The molecule has 1 aromatic carbocycles. The lowest BCUT2D eigenvalue weighted by Gasteiger charge is -2.15. The number of halogens is 1. The number of aliphatic hydroxyl groups is 1. The number of ether oxygens (including phenoxy) is 1. The van der Waals surface area contributed by atoms with Gasteiger partial charge in [0.2, 0.25) is 0 Å². The molecule has 0 saturated heterocycles. The van der Waals surface area contributed by atoms with E-state index in [1.165, 1.54) is 0 Å². The lowest BCUT2D eigenvalue weighted by molar-refractivity contribution is -0.00484. The summed E-state index contributed by atoms with van der Waals surface area (Å²) in [7, 11) is 0. The standard InChI is InChI=1S/C12H13ClO3/c13-9-6-4-8(5-7-9)12(15)16-11-3-1-2-10(11)14/h4-7,10-11,14H,1-3H2/t10-,11-/m1/s1. The fourth-order valence-electron chi connectivity index (χ4n) is 1.84. The quantitative estimate of drug-likeness (QED) is 0.808. The highest BCUT2D eigenvalue weighted by Gasteiger charge is 2.28. The van der Waals surface area contributed by atoms with Crippen LogP contribution in [0.25, 0.3) is 0 Å². The second kappa shape index (κ2) is 4.85. The maximum absolute atomic E-state index is 11.7. The van der Waals surface area contributed by atoms with Crippen LogP contribution in [0.5, 0.6) is 0 Å². The van der Waals surface area contributed by atoms with Crippen LogP contribution in [0.1, 0.15) is 29.6 Å². The molecule has 0 heterocycles. The van der Waals surface area contributed by atoms with Gasteiger partial charge in [-0.3, -0.25) is 0 Å². The largest absolute Gasteiger partial charge is 0.456 e. The number of carbonyl (C=O) groups is 1. The van der Waals surface area contributed by atoms with Crippen LogP contribution in [-0.4, -0.2) is 23.3 Å². The molecule has 1 aliphatic carbocycles. The van der Waals surface area contributed by atoms with Crippen LogP contribution in [0.15, 0.2) is 24.3 Å². The lowest BCUT2D eigenvalue weighted by Crippen LogP contribution is -2.25. The van der Waals surface area contributed by atoms with E-state index in [-0.39, 0.29) is 6.10 Å². The lowest BCUT2D eigenvalue weighted by atomic mass is 10.2. The molecule has 0 spiro atoms. The Balaban J connectivity index is 2.00. The molecule has 2 rings (SSSR count). The fourth-order valence-corrected chi connectivity index (χ4v) is 1.96. The minimum Gasteiger partial charge on any atom is -0.456 e. The first-order valence-corrected chi connectivity index (χ1v) is 5.69. The summed E-state index contributed by atoms with van der Waals surface area (Å²) in [5.41, 5.74) is 0.462. The van der Waals surface area contributed by atoms with Crippen molar-refractivity contribution >= 4 is 17.6 Å². The van der Waals surface area contributed by atoms with Crippen LogP contribution in [0.2, 0.25) is 5.02 Å². The van der Waals surface area contributed by atoms with Crippen molar-refractivity contribution < 1.29 is 14.6 Å². The van der Waals surface area contributed by atoms with Gasteiger partial charge in [-0.15, -0.1) is 0 Å². The molecule has 0 bridgehead atoms. The molecule has 4 heteroatoms. The molecule has 16 heavy (non-hydrogen) atoms. The highest BCUT2D eigenvalue weighted by atomic mass is 35.5. The second-order valence-corrected chi connectivity index (χ2v) is 4.39. The van der Waals surface area contributed by atoms with Gasteiger partial charge in [0, 0.05) is 5.02 Å². The SMILES string of the molecule is O=C(O[C@@H]1CCC[C@H]1O)c1ccc(Cl)cc1. The third-order valence-electron chi connectivity index (χ3n) is 2.76. The molecule has 1 fully saturated rings. The van der Waals surface area contributed by atoms with Crippen molar-refractivity contribution in [3.05, 3.63) is 34.9 Å². The zero-order chi connectivity index (χ0) is 11.5. The molecule has 86 valence electrons. The first-order valence-electron chi connectivity index (χ1n) is 5.31. The van der Waals surface area contributed by atoms with E-state index in [9.17, 15) is 9.90 Å². The van der Waals surface area contributed by atoms with Crippen molar-refractivity contribution in [2.75, 3.05) is 0 Å². The highest BCUT2D eigenvalue weighted by Crippen LogP contribution is 2.23. The summed E-state index contributed by atoms with van der Waals surface area (Å²) in [6.07, 6.45) is 1.47. The Morgan fingerprint density at radius 1 is 1.31 bits per heavy atom. The predicted octanol–water partition coefficient (Wildman–Crippen LogP) is 2.41. The molecule has 1 N–H and O–H groups in total. The Hall–Kier alpha value is -1.06. The molecule has 0 unspecified atom stereocenters. The molecular weight excluding hydrogens is 228 g/mol. The van der Waals surface area contributed by atoms with Crippen molar-refractivity contribution in [1.29, 1.82) is 0 Å². The van der Waals surface area contributed by atoms with E-state index in [2.05, 4.69) is 0 Å². The van der Waals surface area contributed by atoms with E-state index in [1.54, 1.807) is 24.3 Å². The normalized spacial score (nSPS) is 24.4. The topological polar surface area (TPSA) is 46.5 Å². The molecule has 0 amide bonds. The zero-order valence-corrected chi connectivity index (χ0v) is 9.48. The van der Waals surface area contributed by atoms with Crippen molar-refractivity contribution in [3.63, 3.8) is 0 Å². The Morgan fingerprint density at radius 3 is 2.56 bits per heavy atom. The monoisotopic (exact) mass is 240 g/mol. The summed E-state index contributed by atoms with van der Waals surface area (Å²) >= 11 is 5.72. The zero-order valence-electron chi connectivity index (χ0n) is 8.73. The van der Waals surface area contributed by atoms with Gasteiger partial charge in [0.25, 0.3) is 0 Å². The summed E-state index contributed by atoms with van der Waals surface area (Å²) in [4.78, 5) is 11.7. The van der Waals surface area contributed by atoms with Crippen molar-refractivity contribution in [1.82, 2.24) is 0 Å². The predicted molar refractivity (Wildman–Crippen MR) is 60.5 cm³/mol. The van der Waals surface area contributed by atoms with Crippen LogP contribution in [0.3, 0.4) is 0 Å². The fraction of sp³-hybridized carbons (Fsp3) is 0.417. The average Bonchev–Trinajstić information content (AvgIpc) is 2.65. The second-order valence-electron chi connectivity index (χ2n) is 3.95. The summed E-state index contributed by atoms with van der Waals surface area (Å²) in [6.45, 7) is 0. The maximum atomic E-state index is 11.7. The molecule has 1 aromatic rings. The minimum atomic E-state index is -0.517. The number of hydrogen-bond donors (Lipinski definition) is 1. The Morgan fingerprint density at radius 2 is 2.00 bits per heavy atom. The summed E-state index contributed by atoms with van der Waals surface area (Å²) in [5.74, 6) is -0.400. The van der Waals surface area contributed by atoms with Crippen molar-refractivity contribution in [3.8, 4) is 0 Å². The number of rotatable bonds is 2. The summed E-state index contributed by atoms with van der Waals surface area (Å²) < 4.78 is 5.22. The first-order chi connectivity index (χ1) is 7.66. The molecule has 0 aromatic heterocycles.